The second kappa shape index (κ2) is 4.75. The largest absolute Gasteiger partial charge is 0.396 e. The Morgan fingerprint density at radius 3 is 2.87 bits per heavy atom. The first-order valence-electron chi connectivity index (χ1n) is 4.52. The Bertz CT molecular complexity index is 366. The van der Waals surface area contributed by atoms with Crippen LogP contribution in [0.5, 0.6) is 0 Å². The number of nitrogens with one attached hydrogen (secondary N) is 1. The van der Waals surface area contributed by atoms with Gasteiger partial charge in [-0.05, 0) is 25.1 Å². The number of halogens is 1. The second-order valence-electron chi connectivity index (χ2n) is 3.30. The molecule has 0 spiro atoms. The summed E-state index contributed by atoms with van der Waals surface area (Å²) in [6.45, 7) is 1.68. The molecular formula is C10H13FN2O2. The van der Waals surface area contributed by atoms with Crippen molar-refractivity contribution < 1.29 is 14.3 Å². The minimum Gasteiger partial charge on any atom is -0.396 e. The maximum atomic E-state index is 13.0. The third-order valence-electron chi connectivity index (χ3n) is 1.82. The summed E-state index contributed by atoms with van der Waals surface area (Å²) in [5.41, 5.74) is 5.45. The van der Waals surface area contributed by atoms with Crippen LogP contribution in [0.25, 0.3) is 0 Å². The average molecular weight is 212 g/mol. The van der Waals surface area contributed by atoms with Gasteiger partial charge in [-0.15, -0.1) is 0 Å². The third kappa shape index (κ3) is 3.21. The second-order valence-corrected chi connectivity index (χ2v) is 3.30. The third-order valence-corrected chi connectivity index (χ3v) is 1.82. The molecule has 0 unspecified atom stereocenters. The van der Waals surface area contributed by atoms with Crippen LogP contribution in [0.1, 0.15) is 17.3 Å². The Hall–Kier alpha value is -1.62. The Kier molecular flexibility index (Phi) is 3.62. The van der Waals surface area contributed by atoms with Gasteiger partial charge >= 0.3 is 0 Å². The molecule has 0 aliphatic rings. The van der Waals surface area contributed by atoms with Crippen LogP contribution in [0.4, 0.5) is 10.1 Å². The fraction of sp³-hybridized carbons (Fsp3) is 0.300. The molecule has 0 aliphatic heterocycles. The summed E-state index contributed by atoms with van der Waals surface area (Å²) in [4.78, 5) is 11.4. The summed E-state index contributed by atoms with van der Waals surface area (Å²) in [7, 11) is 0. The molecule has 1 amide bonds. The highest BCUT2D eigenvalue weighted by molar-refractivity contribution is 5.94. The SMILES string of the molecule is C[C@@H](O)CNC(=O)c1ccc(N)c(F)c1. The van der Waals surface area contributed by atoms with Gasteiger partial charge in [0.15, 0.2) is 0 Å². The molecule has 0 saturated carbocycles. The van der Waals surface area contributed by atoms with Gasteiger partial charge in [-0.3, -0.25) is 4.79 Å². The van der Waals surface area contributed by atoms with E-state index in [-0.39, 0.29) is 17.8 Å². The van der Waals surface area contributed by atoms with Gasteiger partial charge in [0, 0.05) is 12.1 Å². The van der Waals surface area contributed by atoms with Gasteiger partial charge in [-0.2, -0.15) is 0 Å². The zero-order chi connectivity index (χ0) is 11.4. The number of anilines is 1. The summed E-state index contributed by atoms with van der Waals surface area (Å²) in [6.07, 6.45) is -0.632. The Labute approximate surface area is 86.9 Å². The number of rotatable bonds is 3. The quantitative estimate of drug-likeness (QED) is 0.639. The number of hydrogen-bond donors (Lipinski definition) is 3. The number of carbonyl (C=O) groups excluding carboxylic acids is 1. The van der Waals surface area contributed by atoms with Crippen molar-refractivity contribution >= 4 is 11.6 Å². The van der Waals surface area contributed by atoms with Gasteiger partial charge < -0.3 is 16.2 Å². The van der Waals surface area contributed by atoms with Crippen molar-refractivity contribution in [2.24, 2.45) is 0 Å². The smallest absolute Gasteiger partial charge is 0.251 e. The Morgan fingerprint density at radius 2 is 2.33 bits per heavy atom. The van der Waals surface area contributed by atoms with Gasteiger partial charge in [0.25, 0.3) is 5.91 Å². The molecule has 5 heteroatoms. The molecule has 0 radical (unpaired) electrons. The molecule has 0 saturated heterocycles. The van der Waals surface area contributed by atoms with Gasteiger partial charge in [-0.25, -0.2) is 4.39 Å². The molecule has 15 heavy (non-hydrogen) atoms. The van der Waals surface area contributed by atoms with Gasteiger partial charge in [0.2, 0.25) is 0 Å². The minimum absolute atomic E-state index is 0.00192. The molecule has 82 valence electrons. The van der Waals surface area contributed by atoms with E-state index in [1.165, 1.54) is 12.1 Å². The van der Waals surface area contributed by atoms with E-state index in [0.717, 1.165) is 6.07 Å². The monoisotopic (exact) mass is 212 g/mol. The van der Waals surface area contributed by atoms with Crippen LogP contribution in [0.2, 0.25) is 0 Å². The molecule has 0 heterocycles. The summed E-state index contributed by atoms with van der Waals surface area (Å²) in [5, 5.41) is 11.4. The molecule has 1 aromatic rings. The summed E-state index contributed by atoms with van der Waals surface area (Å²) in [6, 6.07) is 3.81. The molecule has 4 N–H and O–H groups in total. The van der Waals surface area contributed by atoms with Gasteiger partial charge in [0.1, 0.15) is 5.82 Å². The van der Waals surface area contributed by atoms with Gasteiger partial charge in [-0.1, -0.05) is 0 Å². The van der Waals surface area contributed by atoms with E-state index in [1.54, 1.807) is 6.92 Å². The average Bonchev–Trinajstić information content (AvgIpc) is 2.18. The summed E-state index contributed by atoms with van der Waals surface area (Å²) in [5.74, 6) is -1.06. The van der Waals surface area contributed by atoms with Crippen LogP contribution in [0, 0.1) is 5.82 Å². The zero-order valence-corrected chi connectivity index (χ0v) is 8.33. The van der Waals surface area contributed by atoms with Crippen molar-refractivity contribution in [3.05, 3.63) is 29.6 Å². The van der Waals surface area contributed by atoms with Crippen molar-refractivity contribution in [1.29, 1.82) is 0 Å². The number of amides is 1. The topological polar surface area (TPSA) is 75.3 Å². The number of benzene rings is 1. The number of nitrogens with two attached hydrogens (primary N) is 1. The lowest BCUT2D eigenvalue weighted by molar-refractivity contribution is 0.0923. The molecule has 1 atom stereocenters. The number of aliphatic hydroxyl groups is 1. The fourth-order valence-corrected chi connectivity index (χ4v) is 1.01. The van der Waals surface area contributed by atoms with Crippen molar-refractivity contribution in [3.63, 3.8) is 0 Å². The highest BCUT2D eigenvalue weighted by atomic mass is 19.1. The lowest BCUT2D eigenvalue weighted by Gasteiger charge is -2.07. The number of carbonyl (C=O) groups is 1. The predicted octanol–water partition coefficient (Wildman–Crippen LogP) is 0.519. The van der Waals surface area contributed by atoms with E-state index < -0.39 is 17.8 Å². The minimum atomic E-state index is -0.632. The van der Waals surface area contributed by atoms with E-state index in [0.29, 0.717) is 0 Å². The fourth-order valence-electron chi connectivity index (χ4n) is 1.01. The highest BCUT2D eigenvalue weighted by Gasteiger charge is 2.08. The molecule has 1 aromatic carbocycles. The number of nitrogen functional groups attached to an aromatic ring is 1. The van der Waals surface area contributed by atoms with Gasteiger partial charge in [0.05, 0.1) is 11.8 Å². The van der Waals surface area contributed by atoms with Crippen molar-refractivity contribution in [2.45, 2.75) is 13.0 Å². The molecular weight excluding hydrogens is 199 g/mol. The van der Waals surface area contributed by atoms with Crippen molar-refractivity contribution in [1.82, 2.24) is 5.32 Å². The summed E-state index contributed by atoms with van der Waals surface area (Å²) < 4.78 is 13.0. The van der Waals surface area contributed by atoms with E-state index >= 15 is 0 Å². The van der Waals surface area contributed by atoms with E-state index in [4.69, 9.17) is 10.8 Å². The molecule has 4 nitrogen and oxygen atoms in total. The zero-order valence-electron chi connectivity index (χ0n) is 8.33. The van der Waals surface area contributed by atoms with Crippen LogP contribution < -0.4 is 11.1 Å². The first-order chi connectivity index (χ1) is 7.00. The molecule has 0 bridgehead atoms. The van der Waals surface area contributed by atoms with Crippen molar-refractivity contribution in [3.8, 4) is 0 Å². The standard InChI is InChI=1S/C10H13FN2O2/c1-6(14)5-13-10(15)7-2-3-9(12)8(11)4-7/h2-4,6,14H,5,12H2,1H3,(H,13,15)/t6-/m1/s1. The maximum absolute atomic E-state index is 13.0. The molecule has 0 aliphatic carbocycles. The van der Waals surface area contributed by atoms with E-state index in [9.17, 15) is 9.18 Å². The Morgan fingerprint density at radius 1 is 1.67 bits per heavy atom. The summed E-state index contributed by atoms with van der Waals surface area (Å²) >= 11 is 0. The predicted molar refractivity (Wildman–Crippen MR) is 54.8 cm³/mol. The Balaban J connectivity index is 2.70. The highest BCUT2D eigenvalue weighted by Crippen LogP contribution is 2.11. The van der Waals surface area contributed by atoms with E-state index in [2.05, 4.69) is 5.32 Å². The van der Waals surface area contributed by atoms with Crippen LogP contribution in [0.15, 0.2) is 18.2 Å². The number of hydrogen-bond acceptors (Lipinski definition) is 3. The lowest BCUT2D eigenvalue weighted by Crippen LogP contribution is -2.30. The van der Waals surface area contributed by atoms with Crippen LogP contribution >= 0.6 is 0 Å². The maximum Gasteiger partial charge on any atom is 0.251 e. The lowest BCUT2D eigenvalue weighted by atomic mass is 10.2. The van der Waals surface area contributed by atoms with Crippen LogP contribution in [0.3, 0.4) is 0 Å². The normalized spacial score (nSPS) is 12.2. The van der Waals surface area contributed by atoms with Crippen molar-refractivity contribution in [2.75, 3.05) is 12.3 Å². The van der Waals surface area contributed by atoms with Crippen LogP contribution in [-0.4, -0.2) is 23.7 Å². The molecule has 1 rings (SSSR count). The molecule has 0 fully saturated rings. The number of aliphatic hydroxyl groups excluding tert-OH is 1. The van der Waals surface area contributed by atoms with Crippen LogP contribution in [-0.2, 0) is 0 Å². The molecule has 0 aromatic heterocycles. The first kappa shape index (κ1) is 11.5. The van der Waals surface area contributed by atoms with E-state index in [1.807, 2.05) is 0 Å². The first-order valence-corrected chi connectivity index (χ1v) is 4.52.